The Bertz CT molecular complexity index is 633. The Morgan fingerprint density at radius 3 is 2.55 bits per heavy atom. The monoisotopic (exact) mass is 303 g/mol. The standard InChI is InChI=1S/C12H17NO6S/c1-7-10(12(15)18-3)11(8(2)19-7)20(16,17)13-5-4-9(14)6-13/h9,14H,4-6H2,1-3H3/t9-/m1/s1. The number of hydrogen-bond donors (Lipinski definition) is 1. The zero-order chi connectivity index (χ0) is 15.1. The molecule has 1 aromatic rings. The highest BCUT2D eigenvalue weighted by atomic mass is 32.2. The van der Waals surface area contributed by atoms with E-state index >= 15 is 0 Å². The zero-order valence-electron chi connectivity index (χ0n) is 11.5. The number of methoxy groups -OCH3 is 1. The van der Waals surface area contributed by atoms with Crippen molar-refractivity contribution in [3.63, 3.8) is 0 Å². The average molecular weight is 303 g/mol. The summed E-state index contributed by atoms with van der Waals surface area (Å²) in [6.07, 6.45) is -0.303. The van der Waals surface area contributed by atoms with Crippen molar-refractivity contribution in [3.05, 3.63) is 17.1 Å². The average Bonchev–Trinajstić information content (AvgIpc) is 2.92. The molecular weight excluding hydrogens is 286 g/mol. The SMILES string of the molecule is COC(=O)c1c(C)oc(C)c1S(=O)(=O)N1CC[C@@H](O)C1. The first kappa shape index (κ1) is 15.0. The third-order valence-corrected chi connectivity index (χ3v) is 5.34. The molecule has 0 spiro atoms. The van der Waals surface area contributed by atoms with Gasteiger partial charge in [-0.15, -0.1) is 0 Å². The molecule has 1 atom stereocenters. The van der Waals surface area contributed by atoms with Gasteiger partial charge in [0.25, 0.3) is 0 Å². The summed E-state index contributed by atoms with van der Waals surface area (Å²) in [4.78, 5) is 11.6. The molecule has 2 rings (SSSR count). The number of carbonyl (C=O) groups is 1. The van der Waals surface area contributed by atoms with Gasteiger partial charge in [-0.05, 0) is 20.3 Å². The molecule has 1 fully saturated rings. The lowest BCUT2D eigenvalue weighted by atomic mass is 10.2. The fourth-order valence-electron chi connectivity index (χ4n) is 2.37. The molecule has 1 aliphatic heterocycles. The van der Waals surface area contributed by atoms with Crippen molar-refractivity contribution < 1.29 is 27.5 Å². The number of hydrogen-bond acceptors (Lipinski definition) is 6. The fraction of sp³-hybridized carbons (Fsp3) is 0.583. The summed E-state index contributed by atoms with van der Waals surface area (Å²) >= 11 is 0. The minimum atomic E-state index is -3.89. The Labute approximate surface area is 117 Å². The Morgan fingerprint density at radius 1 is 1.40 bits per heavy atom. The van der Waals surface area contributed by atoms with E-state index < -0.39 is 22.1 Å². The predicted octanol–water partition coefficient (Wildman–Crippen LogP) is 0.438. The van der Waals surface area contributed by atoms with Crippen LogP contribution < -0.4 is 0 Å². The highest BCUT2D eigenvalue weighted by molar-refractivity contribution is 7.89. The molecule has 0 radical (unpaired) electrons. The maximum absolute atomic E-state index is 12.6. The second kappa shape index (κ2) is 5.19. The van der Waals surface area contributed by atoms with Gasteiger partial charge in [-0.2, -0.15) is 4.31 Å². The largest absolute Gasteiger partial charge is 0.465 e. The second-order valence-electron chi connectivity index (χ2n) is 4.72. The minimum absolute atomic E-state index is 0.0204. The van der Waals surface area contributed by atoms with E-state index in [2.05, 4.69) is 4.74 Å². The van der Waals surface area contributed by atoms with Crippen molar-refractivity contribution >= 4 is 16.0 Å². The number of sulfonamides is 1. The molecular formula is C12H17NO6S. The fourth-order valence-corrected chi connectivity index (χ4v) is 4.23. The summed E-state index contributed by atoms with van der Waals surface area (Å²) in [5.41, 5.74) is -0.0774. The third-order valence-electron chi connectivity index (χ3n) is 3.32. The molecule has 1 saturated heterocycles. The van der Waals surface area contributed by atoms with Crippen LogP contribution in [0.5, 0.6) is 0 Å². The number of β-amino-alcohol motifs (C(OH)–C–C–N with tert-alkyl or cyclic N) is 1. The van der Waals surface area contributed by atoms with Gasteiger partial charge in [-0.3, -0.25) is 0 Å². The number of aliphatic hydroxyl groups excluding tert-OH is 1. The molecule has 20 heavy (non-hydrogen) atoms. The summed E-state index contributed by atoms with van der Waals surface area (Å²) in [5.74, 6) is -0.408. The Kier molecular flexibility index (Phi) is 3.90. The molecule has 7 nitrogen and oxygen atoms in total. The van der Waals surface area contributed by atoms with E-state index in [0.29, 0.717) is 6.42 Å². The van der Waals surface area contributed by atoms with Gasteiger partial charge >= 0.3 is 5.97 Å². The van der Waals surface area contributed by atoms with E-state index in [0.717, 1.165) is 4.31 Å². The second-order valence-corrected chi connectivity index (χ2v) is 6.59. The first-order valence-electron chi connectivity index (χ1n) is 6.15. The van der Waals surface area contributed by atoms with Gasteiger partial charge in [-0.1, -0.05) is 0 Å². The van der Waals surface area contributed by atoms with Crippen molar-refractivity contribution in [2.45, 2.75) is 31.3 Å². The first-order chi connectivity index (χ1) is 9.28. The Morgan fingerprint density at radius 2 is 2.05 bits per heavy atom. The van der Waals surface area contributed by atoms with Gasteiger partial charge in [-0.25, -0.2) is 13.2 Å². The number of esters is 1. The van der Waals surface area contributed by atoms with Crippen LogP contribution in [0.1, 0.15) is 28.3 Å². The smallest absolute Gasteiger partial charge is 0.342 e. The van der Waals surface area contributed by atoms with Gasteiger partial charge in [0.2, 0.25) is 10.0 Å². The van der Waals surface area contributed by atoms with Crippen molar-refractivity contribution in [1.29, 1.82) is 0 Å². The molecule has 112 valence electrons. The van der Waals surface area contributed by atoms with Crippen LogP contribution in [-0.2, 0) is 14.8 Å². The number of aryl methyl sites for hydroxylation is 2. The summed E-state index contributed by atoms with van der Waals surface area (Å²) in [6, 6.07) is 0. The van der Waals surface area contributed by atoms with Crippen molar-refractivity contribution in [3.8, 4) is 0 Å². The summed E-state index contributed by atoms with van der Waals surface area (Å²) in [6.45, 7) is 3.23. The number of furan rings is 1. The molecule has 1 aromatic heterocycles. The minimum Gasteiger partial charge on any atom is -0.465 e. The van der Waals surface area contributed by atoms with Gasteiger partial charge in [0.1, 0.15) is 22.0 Å². The van der Waals surface area contributed by atoms with E-state index in [1.165, 1.54) is 21.0 Å². The van der Waals surface area contributed by atoms with Gasteiger partial charge in [0.05, 0.1) is 13.2 Å². The third kappa shape index (κ3) is 2.34. The molecule has 2 heterocycles. The van der Waals surface area contributed by atoms with Crippen LogP contribution in [0.4, 0.5) is 0 Å². The van der Waals surface area contributed by atoms with Crippen LogP contribution in [0.3, 0.4) is 0 Å². The highest BCUT2D eigenvalue weighted by Gasteiger charge is 2.38. The van der Waals surface area contributed by atoms with E-state index in [1.54, 1.807) is 0 Å². The number of carbonyl (C=O) groups excluding carboxylic acids is 1. The topological polar surface area (TPSA) is 97.0 Å². The molecule has 0 unspecified atom stereocenters. The first-order valence-corrected chi connectivity index (χ1v) is 7.59. The van der Waals surface area contributed by atoms with Gasteiger partial charge in [0.15, 0.2) is 0 Å². The molecule has 0 amide bonds. The molecule has 0 aliphatic carbocycles. The number of rotatable bonds is 3. The lowest BCUT2D eigenvalue weighted by Gasteiger charge is -2.16. The Hall–Kier alpha value is -1.38. The normalized spacial score (nSPS) is 20.3. The zero-order valence-corrected chi connectivity index (χ0v) is 12.4. The molecule has 1 aliphatic rings. The van der Waals surface area contributed by atoms with Crippen molar-refractivity contribution in [2.24, 2.45) is 0 Å². The van der Waals surface area contributed by atoms with Crippen molar-refractivity contribution in [2.75, 3.05) is 20.2 Å². The van der Waals surface area contributed by atoms with Crippen LogP contribution in [0.15, 0.2) is 9.31 Å². The number of nitrogens with zero attached hydrogens (tertiary/aromatic N) is 1. The quantitative estimate of drug-likeness (QED) is 0.814. The van der Waals surface area contributed by atoms with E-state index in [1.807, 2.05) is 0 Å². The van der Waals surface area contributed by atoms with Crippen LogP contribution in [0.25, 0.3) is 0 Å². The van der Waals surface area contributed by atoms with Crippen LogP contribution >= 0.6 is 0 Å². The maximum Gasteiger partial charge on any atom is 0.342 e. The summed E-state index contributed by atoms with van der Waals surface area (Å²) in [5, 5.41) is 9.49. The highest BCUT2D eigenvalue weighted by Crippen LogP contribution is 2.31. The van der Waals surface area contributed by atoms with E-state index in [4.69, 9.17) is 4.42 Å². The summed E-state index contributed by atoms with van der Waals surface area (Å²) in [7, 11) is -2.71. The Balaban J connectivity index is 2.54. The van der Waals surface area contributed by atoms with E-state index in [-0.39, 0.29) is 35.1 Å². The maximum atomic E-state index is 12.6. The molecule has 8 heteroatoms. The number of ether oxygens (including phenoxy) is 1. The lowest BCUT2D eigenvalue weighted by molar-refractivity contribution is 0.0594. The van der Waals surface area contributed by atoms with Crippen LogP contribution in [0.2, 0.25) is 0 Å². The molecule has 0 saturated carbocycles. The van der Waals surface area contributed by atoms with Gasteiger partial charge in [0, 0.05) is 13.1 Å². The van der Waals surface area contributed by atoms with E-state index in [9.17, 15) is 18.3 Å². The lowest BCUT2D eigenvalue weighted by Crippen LogP contribution is -2.31. The van der Waals surface area contributed by atoms with Gasteiger partial charge < -0.3 is 14.3 Å². The number of aliphatic hydroxyl groups is 1. The van der Waals surface area contributed by atoms with Crippen LogP contribution in [0, 0.1) is 13.8 Å². The summed E-state index contributed by atoms with van der Waals surface area (Å²) < 4.78 is 36.2. The van der Waals surface area contributed by atoms with Crippen LogP contribution in [-0.4, -0.2) is 50.1 Å². The molecule has 1 N–H and O–H groups in total. The molecule has 0 bridgehead atoms. The van der Waals surface area contributed by atoms with Crippen molar-refractivity contribution in [1.82, 2.24) is 4.31 Å². The molecule has 0 aromatic carbocycles. The predicted molar refractivity (Wildman–Crippen MR) is 68.9 cm³/mol.